The van der Waals surface area contributed by atoms with Gasteiger partial charge in [-0.05, 0) is 30.0 Å². The summed E-state index contributed by atoms with van der Waals surface area (Å²) in [6, 6.07) is 6.16. The molecule has 1 aromatic carbocycles. The smallest absolute Gasteiger partial charge is 0.0485 e. The van der Waals surface area contributed by atoms with Crippen LogP contribution in [0.3, 0.4) is 0 Å². The third-order valence-corrected chi connectivity index (χ3v) is 3.01. The maximum absolute atomic E-state index is 5.75. The van der Waals surface area contributed by atoms with Crippen LogP contribution in [0.25, 0.3) is 0 Å². The molecule has 0 aliphatic rings. The molecule has 0 radical (unpaired) electrons. The molecule has 0 saturated heterocycles. The molecule has 0 heterocycles. The zero-order chi connectivity index (χ0) is 8.27. The summed E-state index contributed by atoms with van der Waals surface area (Å²) in [6.45, 7) is 0. The van der Waals surface area contributed by atoms with Crippen LogP contribution in [0.2, 0.25) is 0 Å². The molecule has 0 aliphatic heterocycles. The highest BCUT2D eigenvalue weighted by Crippen LogP contribution is 2.25. The Morgan fingerprint density at radius 1 is 1.55 bits per heavy atom. The van der Waals surface area contributed by atoms with E-state index in [1.807, 2.05) is 6.07 Å². The number of alkyl halides is 1. The number of halogens is 2. The second-order valence-corrected chi connectivity index (χ2v) is 4.12. The molecule has 0 saturated carbocycles. The third-order valence-electron chi connectivity index (χ3n) is 1.39. The Balaban J connectivity index is 3.06. The van der Waals surface area contributed by atoms with Crippen LogP contribution < -0.4 is 0 Å². The number of hydrogen-bond acceptors (Lipinski definition) is 1. The van der Waals surface area contributed by atoms with Crippen LogP contribution in [0, 0.1) is 0 Å². The third kappa shape index (κ3) is 2.39. The van der Waals surface area contributed by atoms with Crippen molar-refractivity contribution >= 4 is 39.3 Å². The van der Waals surface area contributed by atoms with Crippen molar-refractivity contribution in [3.05, 3.63) is 28.2 Å². The topological polar surface area (TPSA) is 0 Å². The molecule has 0 nitrogen and oxygen atoms in total. The molecular weight excluding hydrogens is 244 g/mol. The first-order valence-electron chi connectivity index (χ1n) is 3.16. The first kappa shape index (κ1) is 9.43. The Kier molecular flexibility index (Phi) is 3.76. The first-order valence-corrected chi connectivity index (χ1v) is 5.71. The van der Waals surface area contributed by atoms with Crippen molar-refractivity contribution in [2.75, 3.05) is 6.26 Å². The van der Waals surface area contributed by atoms with Gasteiger partial charge in [-0.25, -0.2) is 0 Å². The summed E-state index contributed by atoms with van der Waals surface area (Å²) in [5.74, 6) is 0.579. The van der Waals surface area contributed by atoms with E-state index in [1.54, 1.807) is 11.8 Å². The van der Waals surface area contributed by atoms with E-state index in [2.05, 4.69) is 34.3 Å². The molecular formula is C8H8BrClS. The van der Waals surface area contributed by atoms with Crippen LogP contribution in [0.5, 0.6) is 0 Å². The minimum absolute atomic E-state index is 0.579. The Hall–Kier alpha value is 0.340. The molecule has 1 aromatic rings. The molecule has 0 aromatic heterocycles. The molecule has 0 fully saturated rings. The summed E-state index contributed by atoms with van der Waals surface area (Å²) in [4.78, 5) is 1.25. The summed E-state index contributed by atoms with van der Waals surface area (Å²) in [7, 11) is 0. The van der Waals surface area contributed by atoms with Crippen molar-refractivity contribution < 1.29 is 0 Å². The van der Waals surface area contributed by atoms with Gasteiger partial charge in [0.05, 0.1) is 0 Å². The van der Waals surface area contributed by atoms with E-state index in [0.29, 0.717) is 5.88 Å². The van der Waals surface area contributed by atoms with Gasteiger partial charge in [0.1, 0.15) is 0 Å². The molecule has 3 heteroatoms. The second kappa shape index (κ2) is 4.39. The lowest BCUT2D eigenvalue weighted by Crippen LogP contribution is -1.82. The quantitative estimate of drug-likeness (QED) is 0.567. The average Bonchev–Trinajstić information content (AvgIpc) is 2.04. The lowest BCUT2D eigenvalue weighted by Gasteiger charge is -2.03. The van der Waals surface area contributed by atoms with Gasteiger partial charge in [-0.2, -0.15) is 0 Å². The van der Waals surface area contributed by atoms with Gasteiger partial charge < -0.3 is 0 Å². The average molecular weight is 252 g/mol. The van der Waals surface area contributed by atoms with Crippen LogP contribution in [0.1, 0.15) is 5.56 Å². The van der Waals surface area contributed by atoms with Gasteiger partial charge in [-0.3, -0.25) is 0 Å². The van der Waals surface area contributed by atoms with Crippen LogP contribution in [0.4, 0.5) is 0 Å². The second-order valence-electron chi connectivity index (χ2n) is 2.09. The van der Waals surface area contributed by atoms with Gasteiger partial charge >= 0.3 is 0 Å². The highest BCUT2D eigenvalue weighted by atomic mass is 79.9. The lowest BCUT2D eigenvalue weighted by molar-refractivity contribution is 1.25. The van der Waals surface area contributed by atoms with Crippen molar-refractivity contribution in [3.63, 3.8) is 0 Å². The zero-order valence-corrected chi connectivity index (χ0v) is 9.26. The van der Waals surface area contributed by atoms with Crippen LogP contribution in [0.15, 0.2) is 27.6 Å². The fourth-order valence-electron chi connectivity index (χ4n) is 0.852. The lowest BCUT2D eigenvalue weighted by atomic mass is 10.2. The highest BCUT2D eigenvalue weighted by Gasteiger charge is 1.99. The molecule has 60 valence electrons. The van der Waals surface area contributed by atoms with Gasteiger partial charge in [0.25, 0.3) is 0 Å². The van der Waals surface area contributed by atoms with Gasteiger partial charge in [0, 0.05) is 15.2 Å². The molecule has 1 rings (SSSR count). The number of thioether (sulfide) groups is 1. The van der Waals surface area contributed by atoms with E-state index in [1.165, 1.54) is 10.5 Å². The van der Waals surface area contributed by atoms with E-state index < -0.39 is 0 Å². The van der Waals surface area contributed by atoms with E-state index >= 15 is 0 Å². The minimum Gasteiger partial charge on any atom is -0.129 e. The minimum atomic E-state index is 0.579. The standard InChI is InChI=1S/C8H8BrClS/c1-11-8-3-2-7(9)4-6(8)5-10/h2-4H,5H2,1H3. The van der Waals surface area contributed by atoms with Crippen molar-refractivity contribution in [2.24, 2.45) is 0 Å². The molecule has 0 spiro atoms. The maximum atomic E-state index is 5.75. The number of hydrogen-bond donors (Lipinski definition) is 0. The van der Waals surface area contributed by atoms with Crippen LogP contribution in [-0.2, 0) is 5.88 Å². The first-order chi connectivity index (χ1) is 5.27. The van der Waals surface area contributed by atoms with Crippen LogP contribution in [-0.4, -0.2) is 6.26 Å². The Bertz CT molecular complexity index is 250. The number of rotatable bonds is 2. The van der Waals surface area contributed by atoms with Gasteiger partial charge in [0.15, 0.2) is 0 Å². The Labute approximate surface area is 84.5 Å². The Morgan fingerprint density at radius 3 is 2.82 bits per heavy atom. The molecule has 0 bridgehead atoms. The summed E-state index contributed by atoms with van der Waals surface area (Å²) >= 11 is 10.9. The van der Waals surface area contributed by atoms with E-state index in [-0.39, 0.29) is 0 Å². The van der Waals surface area contributed by atoms with Crippen molar-refractivity contribution in [1.82, 2.24) is 0 Å². The largest absolute Gasteiger partial charge is 0.129 e. The zero-order valence-electron chi connectivity index (χ0n) is 6.10. The molecule has 0 aliphatic carbocycles. The van der Waals surface area contributed by atoms with Crippen LogP contribution >= 0.6 is 39.3 Å². The monoisotopic (exact) mass is 250 g/mol. The predicted octanol–water partition coefficient (Wildman–Crippen LogP) is 3.91. The fourth-order valence-corrected chi connectivity index (χ4v) is 2.16. The predicted molar refractivity (Wildman–Crippen MR) is 55.5 cm³/mol. The van der Waals surface area contributed by atoms with Gasteiger partial charge in [-0.15, -0.1) is 23.4 Å². The molecule has 0 atom stereocenters. The Morgan fingerprint density at radius 2 is 2.27 bits per heavy atom. The maximum Gasteiger partial charge on any atom is 0.0485 e. The van der Waals surface area contributed by atoms with E-state index in [9.17, 15) is 0 Å². The summed E-state index contributed by atoms with van der Waals surface area (Å²) in [5.41, 5.74) is 1.19. The highest BCUT2D eigenvalue weighted by molar-refractivity contribution is 9.10. The molecule has 0 N–H and O–H groups in total. The van der Waals surface area contributed by atoms with Crippen molar-refractivity contribution in [1.29, 1.82) is 0 Å². The van der Waals surface area contributed by atoms with Crippen molar-refractivity contribution in [2.45, 2.75) is 10.8 Å². The van der Waals surface area contributed by atoms with Gasteiger partial charge in [-0.1, -0.05) is 15.9 Å². The molecule has 0 unspecified atom stereocenters. The SMILES string of the molecule is CSc1ccc(Br)cc1CCl. The van der Waals surface area contributed by atoms with Crippen molar-refractivity contribution in [3.8, 4) is 0 Å². The normalized spacial score (nSPS) is 10.1. The molecule has 11 heavy (non-hydrogen) atoms. The summed E-state index contributed by atoms with van der Waals surface area (Å²) in [6.07, 6.45) is 2.05. The van der Waals surface area contributed by atoms with E-state index in [4.69, 9.17) is 11.6 Å². The fraction of sp³-hybridized carbons (Fsp3) is 0.250. The van der Waals surface area contributed by atoms with Gasteiger partial charge in [0.2, 0.25) is 0 Å². The number of benzene rings is 1. The van der Waals surface area contributed by atoms with E-state index in [0.717, 1.165) is 4.47 Å². The molecule has 0 amide bonds. The summed E-state index contributed by atoms with van der Waals surface area (Å²) < 4.78 is 1.09. The summed E-state index contributed by atoms with van der Waals surface area (Å²) in [5, 5.41) is 0.